The van der Waals surface area contributed by atoms with E-state index >= 15 is 0 Å². The molecule has 0 radical (unpaired) electrons. The van der Waals surface area contributed by atoms with Crippen LogP contribution in [0.2, 0.25) is 0 Å². The van der Waals surface area contributed by atoms with Crippen LogP contribution in [0.25, 0.3) is 11.2 Å². The molecule has 3 aliphatic rings. The first-order chi connectivity index (χ1) is 16.6. The third-order valence-electron chi connectivity index (χ3n) is 8.23. The number of amides is 1. The molecule has 1 amide bonds. The molecule has 0 bridgehead atoms. The van der Waals surface area contributed by atoms with Crippen molar-refractivity contribution in [3.8, 4) is 0 Å². The van der Waals surface area contributed by atoms with Gasteiger partial charge in [-0.2, -0.15) is 0 Å². The average Bonchev–Trinajstić information content (AvgIpc) is 3.04. The van der Waals surface area contributed by atoms with E-state index in [2.05, 4.69) is 43.5 Å². The fraction of sp³-hybridized carbons (Fsp3) is 0.769. The minimum Gasteiger partial charge on any atom is -0.356 e. The lowest BCUT2D eigenvalue weighted by molar-refractivity contribution is -0.125. The average molecular weight is 468 g/mol. The van der Waals surface area contributed by atoms with Gasteiger partial charge >= 0.3 is 0 Å². The molecule has 34 heavy (non-hydrogen) atoms. The maximum absolute atomic E-state index is 13.0. The fourth-order valence-corrected chi connectivity index (χ4v) is 6.27. The van der Waals surface area contributed by atoms with Gasteiger partial charge in [-0.25, -0.2) is 15.0 Å². The quantitative estimate of drug-likeness (QED) is 0.655. The predicted octanol–water partition coefficient (Wildman–Crippen LogP) is 3.54. The molecular formula is C26H41N7O. The number of carbonyl (C=O) groups excluding carboxylic acids is 1. The van der Waals surface area contributed by atoms with Gasteiger partial charge in [-0.3, -0.25) is 9.69 Å². The van der Waals surface area contributed by atoms with Gasteiger partial charge in [-0.05, 0) is 58.8 Å². The Labute approximate surface area is 203 Å². The lowest BCUT2D eigenvalue weighted by atomic mass is 9.96. The highest BCUT2D eigenvalue weighted by molar-refractivity contribution is 5.85. The molecule has 186 valence electrons. The first kappa shape index (κ1) is 23.5. The molecule has 0 aliphatic carbocycles. The van der Waals surface area contributed by atoms with Crippen molar-refractivity contribution in [1.82, 2.24) is 29.7 Å². The van der Waals surface area contributed by atoms with E-state index < -0.39 is 0 Å². The Morgan fingerprint density at radius 2 is 1.88 bits per heavy atom. The normalized spacial score (nSPS) is 26.3. The van der Waals surface area contributed by atoms with Gasteiger partial charge in [-0.15, -0.1) is 0 Å². The summed E-state index contributed by atoms with van der Waals surface area (Å²) in [6, 6.07) is 1.32. The van der Waals surface area contributed by atoms with Crippen molar-refractivity contribution in [2.75, 3.05) is 31.1 Å². The van der Waals surface area contributed by atoms with Crippen molar-refractivity contribution >= 4 is 22.9 Å². The molecule has 5 heterocycles. The molecule has 0 saturated carbocycles. The number of likely N-dealkylation sites (tertiary alicyclic amines) is 1. The van der Waals surface area contributed by atoms with E-state index in [4.69, 9.17) is 4.98 Å². The Hall–Kier alpha value is -2.22. The van der Waals surface area contributed by atoms with Crippen molar-refractivity contribution < 1.29 is 4.79 Å². The van der Waals surface area contributed by atoms with Gasteiger partial charge in [0.25, 0.3) is 0 Å². The van der Waals surface area contributed by atoms with E-state index in [0.717, 1.165) is 74.7 Å². The molecular weight excluding hydrogens is 426 g/mol. The minimum absolute atomic E-state index is 0.00652. The summed E-state index contributed by atoms with van der Waals surface area (Å²) in [4.78, 5) is 32.1. The van der Waals surface area contributed by atoms with Crippen LogP contribution in [0.3, 0.4) is 0 Å². The molecule has 2 aromatic heterocycles. The molecule has 1 N–H and O–H groups in total. The largest absolute Gasteiger partial charge is 0.356 e. The smallest absolute Gasteiger partial charge is 0.224 e. The van der Waals surface area contributed by atoms with E-state index in [9.17, 15) is 4.79 Å². The highest BCUT2D eigenvalue weighted by Crippen LogP contribution is 2.29. The molecule has 3 atom stereocenters. The van der Waals surface area contributed by atoms with Crippen LogP contribution in [0.1, 0.15) is 77.5 Å². The Kier molecular flexibility index (Phi) is 7.32. The highest BCUT2D eigenvalue weighted by atomic mass is 16.1. The number of nitrogens with one attached hydrogen (secondary N) is 1. The van der Waals surface area contributed by atoms with Crippen LogP contribution < -0.4 is 10.2 Å². The Bertz CT molecular complexity index is 979. The summed E-state index contributed by atoms with van der Waals surface area (Å²) in [5.41, 5.74) is 1.86. The molecule has 8 heteroatoms. The van der Waals surface area contributed by atoms with E-state index in [1.165, 1.54) is 38.5 Å². The number of aromatic nitrogens is 4. The second-order valence-corrected chi connectivity index (χ2v) is 10.7. The molecule has 5 rings (SSSR count). The van der Waals surface area contributed by atoms with Gasteiger partial charge in [0, 0.05) is 51.2 Å². The zero-order valence-electron chi connectivity index (χ0n) is 21.0. The van der Waals surface area contributed by atoms with Gasteiger partial charge < -0.3 is 14.8 Å². The van der Waals surface area contributed by atoms with E-state index in [1.54, 1.807) is 6.33 Å². The maximum atomic E-state index is 13.0. The molecule has 2 saturated heterocycles. The summed E-state index contributed by atoms with van der Waals surface area (Å²) in [5, 5.41) is 3.23. The monoisotopic (exact) mass is 467 g/mol. The molecule has 8 nitrogen and oxygen atoms in total. The second-order valence-electron chi connectivity index (χ2n) is 10.7. The summed E-state index contributed by atoms with van der Waals surface area (Å²) in [6.45, 7) is 9.13. The van der Waals surface area contributed by atoms with E-state index in [1.807, 2.05) is 0 Å². The molecule has 0 spiro atoms. The first-order valence-electron chi connectivity index (χ1n) is 13.6. The van der Waals surface area contributed by atoms with Crippen LogP contribution in [0.4, 0.5) is 5.82 Å². The van der Waals surface area contributed by atoms with Crippen LogP contribution in [-0.4, -0.2) is 68.6 Å². The minimum atomic E-state index is 0.00652. The Balaban J connectivity index is 1.19. The number of aryl methyl sites for hydroxylation is 2. The molecule has 0 aromatic carbocycles. The third kappa shape index (κ3) is 4.92. The van der Waals surface area contributed by atoms with Crippen LogP contribution in [0.5, 0.6) is 0 Å². The topological polar surface area (TPSA) is 79.2 Å². The summed E-state index contributed by atoms with van der Waals surface area (Å²) in [6.07, 6.45) is 13.2. The maximum Gasteiger partial charge on any atom is 0.224 e. The SMILES string of the molecule is C[C@@H]1CCC[C@@H](C)N1CCCNC(=O)[C@H]1CCCN(c2ncnc3c2nc2n3CCCCC2)C1. The predicted molar refractivity (Wildman–Crippen MR) is 135 cm³/mol. The standard InChI is InChI=1S/C26H41N7O/c1-19-9-6-10-20(2)32(19)16-8-13-27-26(34)21-11-7-14-31(17-21)24-23-25(29-18-28-24)33-15-5-3-4-12-22(33)30-23/h18-21H,3-17H2,1-2H3,(H,27,34)/t19-,20-,21+/m1/s1. The van der Waals surface area contributed by atoms with Gasteiger partial charge in [-0.1, -0.05) is 12.8 Å². The number of rotatable bonds is 6. The van der Waals surface area contributed by atoms with Crippen molar-refractivity contribution in [3.63, 3.8) is 0 Å². The van der Waals surface area contributed by atoms with Crippen LogP contribution in [0, 0.1) is 5.92 Å². The summed E-state index contributed by atoms with van der Waals surface area (Å²) < 4.78 is 2.28. The number of hydrogen-bond donors (Lipinski definition) is 1. The lowest BCUT2D eigenvalue weighted by Crippen LogP contribution is -2.46. The van der Waals surface area contributed by atoms with Crippen LogP contribution >= 0.6 is 0 Å². The van der Waals surface area contributed by atoms with Crippen molar-refractivity contribution in [1.29, 1.82) is 0 Å². The summed E-state index contributed by atoms with van der Waals surface area (Å²) in [5.74, 6) is 2.23. The second kappa shape index (κ2) is 10.6. The van der Waals surface area contributed by atoms with E-state index in [-0.39, 0.29) is 11.8 Å². The number of anilines is 1. The number of fused-ring (bicyclic) bond motifs is 3. The van der Waals surface area contributed by atoms with Gasteiger partial charge in [0.1, 0.15) is 12.2 Å². The number of imidazole rings is 1. The number of nitrogens with zero attached hydrogens (tertiary/aromatic N) is 6. The van der Waals surface area contributed by atoms with Crippen LogP contribution in [0.15, 0.2) is 6.33 Å². The van der Waals surface area contributed by atoms with Gasteiger partial charge in [0.2, 0.25) is 5.91 Å². The van der Waals surface area contributed by atoms with Gasteiger partial charge in [0.15, 0.2) is 17.0 Å². The zero-order valence-corrected chi connectivity index (χ0v) is 21.0. The van der Waals surface area contributed by atoms with Crippen molar-refractivity contribution in [2.45, 2.75) is 96.7 Å². The molecule has 3 aliphatic heterocycles. The van der Waals surface area contributed by atoms with Crippen LogP contribution in [-0.2, 0) is 17.8 Å². The number of hydrogen-bond acceptors (Lipinski definition) is 6. The zero-order chi connectivity index (χ0) is 23.5. The molecule has 2 fully saturated rings. The Morgan fingerprint density at radius 1 is 1.03 bits per heavy atom. The van der Waals surface area contributed by atoms with Crippen molar-refractivity contribution in [2.24, 2.45) is 5.92 Å². The highest BCUT2D eigenvalue weighted by Gasteiger charge is 2.29. The van der Waals surface area contributed by atoms with Crippen molar-refractivity contribution in [3.05, 3.63) is 12.2 Å². The lowest BCUT2D eigenvalue weighted by Gasteiger charge is -2.39. The van der Waals surface area contributed by atoms with Gasteiger partial charge in [0.05, 0.1) is 5.92 Å². The molecule has 2 aromatic rings. The fourth-order valence-electron chi connectivity index (χ4n) is 6.27. The summed E-state index contributed by atoms with van der Waals surface area (Å²) >= 11 is 0. The number of carbonyl (C=O) groups is 1. The molecule has 0 unspecified atom stereocenters. The number of piperidine rings is 2. The summed E-state index contributed by atoms with van der Waals surface area (Å²) in [7, 11) is 0. The third-order valence-corrected chi connectivity index (χ3v) is 8.23. The first-order valence-corrected chi connectivity index (χ1v) is 13.6. The Morgan fingerprint density at radius 3 is 2.74 bits per heavy atom. The van der Waals surface area contributed by atoms with E-state index in [0.29, 0.717) is 18.6 Å².